The highest BCUT2D eigenvalue weighted by Gasteiger charge is 2.24. The van der Waals surface area contributed by atoms with Crippen molar-refractivity contribution in [2.75, 3.05) is 20.3 Å². The van der Waals surface area contributed by atoms with E-state index in [9.17, 15) is 9.50 Å². The SMILES string of the molecule is COc1ccc(-c2nn(-c3ccccc3C)cc2CN2CCCC[C@@H]2CO)cc1F. The highest BCUT2D eigenvalue weighted by atomic mass is 19.1. The number of halogens is 1. The number of methoxy groups -OCH3 is 1. The van der Waals surface area contributed by atoms with Gasteiger partial charge >= 0.3 is 0 Å². The van der Waals surface area contributed by atoms with Crippen molar-refractivity contribution >= 4 is 0 Å². The molecule has 1 saturated heterocycles. The molecule has 6 heteroatoms. The number of hydrogen-bond donors (Lipinski definition) is 1. The predicted octanol–water partition coefficient (Wildman–Crippen LogP) is 4.34. The van der Waals surface area contributed by atoms with Crippen LogP contribution in [0, 0.1) is 12.7 Å². The van der Waals surface area contributed by atoms with E-state index in [1.54, 1.807) is 6.07 Å². The lowest BCUT2D eigenvalue weighted by Crippen LogP contribution is -2.41. The Morgan fingerprint density at radius 2 is 2.03 bits per heavy atom. The molecule has 1 aromatic heterocycles. The number of aryl methyl sites for hydroxylation is 1. The summed E-state index contributed by atoms with van der Waals surface area (Å²) in [6.07, 6.45) is 5.29. The summed E-state index contributed by atoms with van der Waals surface area (Å²) in [6.45, 7) is 3.81. The molecule has 4 rings (SSSR count). The van der Waals surface area contributed by atoms with E-state index in [4.69, 9.17) is 9.84 Å². The molecule has 0 aliphatic carbocycles. The smallest absolute Gasteiger partial charge is 0.165 e. The number of rotatable bonds is 6. The number of aromatic nitrogens is 2. The Morgan fingerprint density at radius 3 is 2.77 bits per heavy atom. The Balaban J connectivity index is 1.77. The van der Waals surface area contributed by atoms with Crippen LogP contribution in [0.4, 0.5) is 4.39 Å². The van der Waals surface area contributed by atoms with Gasteiger partial charge in [0.15, 0.2) is 11.6 Å². The zero-order valence-electron chi connectivity index (χ0n) is 17.5. The number of nitrogens with zero attached hydrogens (tertiary/aromatic N) is 3. The maximum Gasteiger partial charge on any atom is 0.165 e. The van der Waals surface area contributed by atoms with Crippen molar-refractivity contribution in [2.24, 2.45) is 0 Å². The number of hydrogen-bond acceptors (Lipinski definition) is 4. The fourth-order valence-electron chi connectivity index (χ4n) is 4.22. The van der Waals surface area contributed by atoms with Crippen molar-refractivity contribution in [3.63, 3.8) is 0 Å². The van der Waals surface area contributed by atoms with E-state index in [0.717, 1.165) is 48.3 Å². The molecule has 30 heavy (non-hydrogen) atoms. The van der Waals surface area contributed by atoms with Gasteiger partial charge in [0.1, 0.15) is 0 Å². The quantitative estimate of drug-likeness (QED) is 0.658. The summed E-state index contributed by atoms with van der Waals surface area (Å²) in [5, 5.41) is 14.7. The van der Waals surface area contributed by atoms with Crippen LogP contribution in [0.15, 0.2) is 48.7 Å². The first-order valence-corrected chi connectivity index (χ1v) is 10.4. The number of piperidine rings is 1. The molecule has 1 aliphatic heterocycles. The van der Waals surface area contributed by atoms with Crippen LogP contribution >= 0.6 is 0 Å². The molecule has 0 unspecified atom stereocenters. The third kappa shape index (κ3) is 4.11. The number of aliphatic hydroxyl groups is 1. The highest BCUT2D eigenvalue weighted by Crippen LogP contribution is 2.30. The van der Waals surface area contributed by atoms with E-state index in [-0.39, 0.29) is 18.4 Å². The van der Waals surface area contributed by atoms with Crippen molar-refractivity contribution in [2.45, 2.75) is 38.8 Å². The Morgan fingerprint density at radius 1 is 1.20 bits per heavy atom. The fraction of sp³-hybridized carbons (Fsp3) is 0.375. The van der Waals surface area contributed by atoms with Crippen molar-refractivity contribution in [1.29, 1.82) is 0 Å². The van der Waals surface area contributed by atoms with Gasteiger partial charge in [0.25, 0.3) is 0 Å². The van der Waals surface area contributed by atoms with Gasteiger partial charge in [-0.05, 0) is 56.1 Å². The summed E-state index contributed by atoms with van der Waals surface area (Å²) in [4.78, 5) is 2.31. The third-order valence-electron chi connectivity index (χ3n) is 5.91. The molecule has 5 nitrogen and oxygen atoms in total. The normalized spacial score (nSPS) is 17.3. The van der Waals surface area contributed by atoms with E-state index >= 15 is 0 Å². The molecule has 2 heterocycles. The summed E-state index contributed by atoms with van der Waals surface area (Å²) in [6, 6.07) is 13.2. The maximum atomic E-state index is 14.4. The molecule has 1 aliphatic rings. The van der Waals surface area contributed by atoms with Gasteiger partial charge in [-0.15, -0.1) is 0 Å². The second-order valence-corrected chi connectivity index (χ2v) is 7.89. The van der Waals surface area contributed by atoms with Gasteiger partial charge in [0.2, 0.25) is 0 Å². The van der Waals surface area contributed by atoms with E-state index in [1.807, 2.05) is 35.1 Å². The number of aliphatic hydroxyl groups excluding tert-OH is 1. The molecule has 0 saturated carbocycles. The standard InChI is InChI=1S/C24H28FN3O2/c1-17-7-3-4-9-22(17)28-15-19(14-27-12-6-5-8-20(27)16-29)24(26-28)18-10-11-23(30-2)21(25)13-18/h3-4,7,9-11,13,15,20,29H,5-6,8,12,14,16H2,1-2H3/t20-/m1/s1. The first-order valence-electron chi connectivity index (χ1n) is 10.4. The molecule has 0 radical (unpaired) electrons. The fourth-order valence-corrected chi connectivity index (χ4v) is 4.22. The molecular formula is C24H28FN3O2. The second-order valence-electron chi connectivity index (χ2n) is 7.89. The van der Waals surface area contributed by atoms with Crippen molar-refractivity contribution in [3.05, 3.63) is 65.6 Å². The van der Waals surface area contributed by atoms with Gasteiger partial charge in [-0.25, -0.2) is 9.07 Å². The van der Waals surface area contributed by atoms with Crippen LogP contribution in [0.3, 0.4) is 0 Å². The van der Waals surface area contributed by atoms with Crippen LogP contribution in [0.1, 0.15) is 30.4 Å². The third-order valence-corrected chi connectivity index (χ3v) is 5.91. The van der Waals surface area contributed by atoms with Gasteiger partial charge < -0.3 is 9.84 Å². The lowest BCUT2D eigenvalue weighted by Gasteiger charge is -2.34. The first kappa shape index (κ1) is 20.6. The molecule has 3 aromatic rings. The van der Waals surface area contributed by atoms with Crippen molar-refractivity contribution in [3.8, 4) is 22.7 Å². The Kier molecular flexibility index (Phi) is 6.16. The molecule has 158 valence electrons. The highest BCUT2D eigenvalue weighted by molar-refractivity contribution is 5.64. The van der Waals surface area contributed by atoms with Gasteiger partial charge in [0.05, 0.1) is 25.1 Å². The average molecular weight is 410 g/mol. The lowest BCUT2D eigenvalue weighted by atomic mass is 10.0. The molecule has 0 bridgehead atoms. The van der Waals surface area contributed by atoms with Crippen LogP contribution in [0.2, 0.25) is 0 Å². The summed E-state index contributed by atoms with van der Waals surface area (Å²) >= 11 is 0. The van der Waals surface area contributed by atoms with E-state index in [1.165, 1.54) is 13.2 Å². The van der Waals surface area contributed by atoms with Crippen molar-refractivity contribution in [1.82, 2.24) is 14.7 Å². The monoisotopic (exact) mass is 409 g/mol. The van der Waals surface area contributed by atoms with E-state index in [2.05, 4.69) is 17.9 Å². The molecule has 1 fully saturated rings. The number of ether oxygens (including phenoxy) is 1. The largest absolute Gasteiger partial charge is 0.494 e. The van der Waals surface area contributed by atoms with Gasteiger partial charge in [-0.3, -0.25) is 4.90 Å². The van der Waals surface area contributed by atoms with Crippen LogP contribution in [0.25, 0.3) is 16.9 Å². The minimum atomic E-state index is -0.405. The molecule has 1 N–H and O–H groups in total. The minimum absolute atomic E-state index is 0.151. The zero-order chi connectivity index (χ0) is 21.1. The molecule has 1 atom stereocenters. The molecule has 0 spiro atoms. The Labute approximate surface area is 176 Å². The second kappa shape index (κ2) is 8.98. The van der Waals surface area contributed by atoms with Crippen LogP contribution in [-0.2, 0) is 6.54 Å². The summed E-state index contributed by atoms with van der Waals surface area (Å²) in [5.41, 5.74) is 4.60. The number of para-hydroxylation sites is 1. The summed E-state index contributed by atoms with van der Waals surface area (Å²) in [7, 11) is 1.46. The van der Waals surface area contributed by atoms with E-state index < -0.39 is 5.82 Å². The zero-order valence-corrected chi connectivity index (χ0v) is 17.5. The minimum Gasteiger partial charge on any atom is -0.494 e. The Hall–Kier alpha value is -2.70. The lowest BCUT2D eigenvalue weighted by molar-refractivity contribution is 0.0842. The van der Waals surface area contributed by atoms with E-state index in [0.29, 0.717) is 12.1 Å². The molecule has 2 aromatic carbocycles. The number of benzene rings is 2. The first-order chi connectivity index (χ1) is 14.6. The van der Waals surface area contributed by atoms with Gasteiger partial charge in [-0.2, -0.15) is 5.10 Å². The van der Waals surface area contributed by atoms with Crippen LogP contribution < -0.4 is 4.74 Å². The molecular weight excluding hydrogens is 381 g/mol. The van der Waals surface area contributed by atoms with Crippen LogP contribution in [0.5, 0.6) is 5.75 Å². The summed E-state index contributed by atoms with van der Waals surface area (Å²) < 4.78 is 21.4. The molecule has 0 amide bonds. The maximum absolute atomic E-state index is 14.4. The van der Waals surface area contributed by atoms with Crippen LogP contribution in [-0.4, -0.2) is 46.1 Å². The van der Waals surface area contributed by atoms with Gasteiger partial charge in [0, 0.05) is 29.9 Å². The van der Waals surface area contributed by atoms with Crippen molar-refractivity contribution < 1.29 is 14.2 Å². The number of likely N-dealkylation sites (tertiary alicyclic amines) is 1. The average Bonchev–Trinajstić information content (AvgIpc) is 3.18. The summed E-state index contributed by atoms with van der Waals surface area (Å²) in [5.74, 6) is -0.187. The topological polar surface area (TPSA) is 50.5 Å². The van der Waals surface area contributed by atoms with Gasteiger partial charge in [-0.1, -0.05) is 24.6 Å². The Bertz CT molecular complexity index is 1020. The predicted molar refractivity (Wildman–Crippen MR) is 115 cm³/mol.